The number of nitrogens with zero attached hydrogens (tertiary/aromatic N) is 4. The van der Waals surface area contributed by atoms with Crippen molar-refractivity contribution in [2.24, 2.45) is 25.7 Å². The Hall–Kier alpha value is -2.42. The van der Waals surface area contributed by atoms with Gasteiger partial charge in [-0.15, -0.1) is 0 Å². The molecule has 0 bridgehead atoms. The average molecular weight is 334 g/mol. The molecule has 9 nitrogen and oxygen atoms in total. The fourth-order valence-corrected chi connectivity index (χ4v) is 3.44. The summed E-state index contributed by atoms with van der Waals surface area (Å²) in [5.74, 6) is -0.0888. The number of hydrogen-bond acceptors (Lipinski definition) is 5. The Morgan fingerprint density at radius 3 is 2.83 bits per heavy atom. The van der Waals surface area contributed by atoms with Crippen molar-refractivity contribution in [3.63, 3.8) is 0 Å². The Kier molecular flexibility index (Phi) is 4.27. The largest absolute Gasteiger partial charge is 0.351 e. The number of imidazole rings is 1. The van der Waals surface area contributed by atoms with Crippen molar-refractivity contribution in [1.82, 2.24) is 24.0 Å². The quantitative estimate of drug-likeness (QED) is 0.719. The number of amides is 1. The van der Waals surface area contributed by atoms with Crippen LogP contribution in [0.15, 0.2) is 15.9 Å². The van der Waals surface area contributed by atoms with Gasteiger partial charge in [0.15, 0.2) is 11.2 Å². The summed E-state index contributed by atoms with van der Waals surface area (Å²) in [6.45, 7) is 0.216. The lowest BCUT2D eigenvalue weighted by Gasteiger charge is -2.19. The van der Waals surface area contributed by atoms with Crippen LogP contribution in [0.25, 0.3) is 11.2 Å². The molecule has 0 aliphatic heterocycles. The monoisotopic (exact) mass is 334 g/mol. The minimum absolute atomic E-state index is 0.0162. The van der Waals surface area contributed by atoms with Gasteiger partial charge in [0.2, 0.25) is 5.91 Å². The molecule has 0 saturated heterocycles. The molecule has 1 saturated carbocycles. The van der Waals surface area contributed by atoms with E-state index in [0.29, 0.717) is 17.7 Å². The first-order valence-corrected chi connectivity index (χ1v) is 8.04. The average Bonchev–Trinajstić information content (AvgIpc) is 3.15. The lowest BCUT2D eigenvalue weighted by atomic mass is 10.0. The molecule has 0 radical (unpaired) electrons. The lowest BCUT2D eigenvalue weighted by molar-refractivity contribution is -0.122. The van der Waals surface area contributed by atoms with Gasteiger partial charge >= 0.3 is 5.69 Å². The number of nitrogens with one attached hydrogen (secondary N) is 1. The molecule has 1 fully saturated rings. The van der Waals surface area contributed by atoms with Gasteiger partial charge in [-0.05, 0) is 25.3 Å². The molecular weight excluding hydrogens is 312 g/mol. The fourth-order valence-electron chi connectivity index (χ4n) is 3.44. The van der Waals surface area contributed by atoms with Crippen LogP contribution in [-0.4, -0.2) is 37.2 Å². The Bertz CT molecular complexity index is 893. The molecule has 2 aromatic rings. The molecule has 2 unspecified atom stereocenters. The molecule has 3 N–H and O–H groups in total. The third-order valence-corrected chi connectivity index (χ3v) is 4.81. The highest BCUT2D eigenvalue weighted by molar-refractivity contribution is 5.77. The van der Waals surface area contributed by atoms with E-state index in [-0.39, 0.29) is 24.4 Å². The highest BCUT2D eigenvalue weighted by atomic mass is 16.2. The van der Waals surface area contributed by atoms with Crippen molar-refractivity contribution in [3.8, 4) is 0 Å². The second-order valence-electron chi connectivity index (χ2n) is 6.36. The summed E-state index contributed by atoms with van der Waals surface area (Å²) in [6, 6.07) is 0.0162. The molecule has 130 valence electrons. The topological polar surface area (TPSA) is 117 Å². The van der Waals surface area contributed by atoms with Gasteiger partial charge in [0.05, 0.1) is 6.33 Å². The summed E-state index contributed by atoms with van der Waals surface area (Å²) in [4.78, 5) is 41.3. The zero-order valence-electron chi connectivity index (χ0n) is 13.9. The molecule has 2 atom stereocenters. The first kappa shape index (κ1) is 16.4. The van der Waals surface area contributed by atoms with Crippen molar-refractivity contribution < 1.29 is 4.79 Å². The van der Waals surface area contributed by atoms with Crippen molar-refractivity contribution >= 4 is 17.1 Å². The number of fused-ring (bicyclic) bond motifs is 1. The maximum atomic E-state index is 12.6. The van der Waals surface area contributed by atoms with E-state index in [9.17, 15) is 14.4 Å². The van der Waals surface area contributed by atoms with Gasteiger partial charge in [-0.2, -0.15) is 0 Å². The van der Waals surface area contributed by atoms with E-state index in [1.54, 1.807) is 11.6 Å². The second-order valence-corrected chi connectivity index (χ2v) is 6.36. The van der Waals surface area contributed by atoms with E-state index in [1.165, 1.54) is 17.9 Å². The van der Waals surface area contributed by atoms with Crippen LogP contribution < -0.4 is 22.3 Å². The van der Waals surface area contributed by atoms with E-state index >= 15 is 0 Å². The summed E-state index contributed by atoms with van der Waals surface area (Å²) >= 11 is 0. The van der Waals surface area contributed by atoms with Crippen molar-refractivity contribution in [2.45, 2.75) is 31.8 Å². The Balaban J connectivity index is 1.90. The summed E-state index contributed by atoms with van der Waals surface area (Å²) < 4.78 is 3.78. The van der Waals surface area contributed by atoms with Crippen molar-refractivity contribution in [2.75, 3.05) is 6.54 Å². The summed E-state index contributed by atoms with van der Waals surface area (Å²) in [7, 11) is 3.21. The van der Waals surface area contributed by atoms with Crippen LogP contribution in [-0.2, 0) is 25.4 Å². The van der Waals surface area contributed by atoms with Gasteiger partial charge in [0, 0.05) is 20.1 Å². The summed E-state index contributed by atoms with van der Waals surface area (Å²) in [6.07, 6.45) is 4.36. The highest BCUT2D eigenvalue weighted by Crippen LogP contribution is 2.24. The molecule has 1 aliphatic carbocycles. The van der Waals surface area contributed by atoms with Crippen LogP contribution in [0.3, 0.4) is 0 Å². The van der Waals surface area contributed by atoms with Crippen LogP contribution in [0.4, 0.5) is 0 Å². The van der Waals surface area contributed by atoms with Crippen LogP contribution >= 0.6 is 0 Å². The fraction of sp³-hybridized carbons (Fsp3) is 0.600. The Labute approximate surface area is 138 Å². The minimum Gasteiger partial charge on any atom is -0.351 e. The van der Waals surface area contributed by atoms with Gasteiger partial charge in [-0.1, -0.05) is 6.42 Å². The standard InChI is InChI=1S/C15H22N6O3/c1-19-8-17-13-12(19)14(23)21(15(24)20(13)2)7-11(22)18-10-5-3-4-9(10)6-16/h8-10H,3-7,16H2,1-2H3,(H,18,22). The van der Waals surface area contributed by atoms with Gasteiger partial charge in [0.25, 0.3) is 5.56 Å². The number of rotatable bonds is 4. The number of carbonyl (C=O) groups excluding carboxylic acids is 1. The lowest BCUT2D eigenvalue weighted by Crippen LogP contribution is -2.46. The predicted molar refractivity (Wildman–Crippen MR) is 88.5 cm³/mol. The Morgan fingerprint density at radius 2 is 2.12 bits per heavy atom. The van der Waals surface area contributed by atoms with Crippen LogP contribution in [0.5, 0.6) is 0 Å². The normalized spacial score (nSPS) is 20.6. The van der Waals surface area contributed by atoms with Crippen molar-refractivity contribution in [3.05, 3.63) is 27.2 Å². The summed E-state index contributed by atoms with van der Waals surface area (Å²) in [5.41, 5.74) is 5.26. The smallest absolute Gasteiger partial charge is 0.332 e. The third kappa shape index (κ3) is 2.64. The predicted octanol–water partition coefficient (Wildman–Crippen LogP) is -1.32. The third-order valence-electron chi connectivity index (χ3n) is 4.81. The van der Waals surface area contributed by atoms with Gasteiger partial charge in [-0.3, -0.25) is 14.2 Å². The zero-order chi connectivity index (χ0) is 17.4. The molecule has 2 aromatic heterocycles. The van der Waals surface area contributed by atoms with Crippen LogP contribution in [0.2, 0.25) is 0 Å². The molecule has 1 amide bonds. The van der Waals surface area contributed by atoms with Crippen LogP contribution in [0.1, 0.15) is 19.3 Å². The maximum Gasteiger partial charge on any atom is 0.332 e. The SMILES string of the molecule is Cn1cnc2c1c(=O)n(CC(=O)NC1CCCC1CN)c(=O)n2C. The van der Waals surface area contributed by atoms with Crippen molar-refractivity contribution in [1.29, 1.82) is 0 Å². The number of hydrogen-bond donors (Lipinski definition) is 2. The zero-order valence-corrected chi connectivity index (χ0v) is 13.9. The van der Waals surface area contributed by atoms with E-state index in [1.807, 2.05) is 0 Å². The highest BCUT2D eigenvalue weighted by Gasteiger charge is 2.27. The number of nitrogens with two attached hydrogens (primary N) is 1. The number of carbonyl (C=O) groups is 1. The molecule has 24 heavy (non-hydrogen) atoms. The minimum atomic E-state index is -0.553. The van der Waals surface area contributed by atoms with E-state index in [2.05, 4.69) is 10.3 Å². The number of aryl methyl sites for hydroxylation is 2. The second kappa shape index (κ2) is 6.23. The van der Waals surface area contributed by atoms with Gasteiger partial charge in [0.1, 0.15) is 6.54 Å². The summed E-state index contributed by atoms with van der Waals surface area (Å²) in [5, 5.41) is 2.91. The molecule has 0 spiro atoms. The molecule has 3 rings (SSSR count). The molecular formula is C15H22N6O3. The first-order chi connectivity index (χ1) is 11.4. The molecule has 9 heteroatoms. The number of aromatic nitrogens is 4. The Morgan fingerprint density at radius 1 is 1.38 bits per heavy atom. The van der Waals surface area contributed by atoms with E-state index in [4.69, 9.17) is 5.73 Å². The van der Waals surface area contributed by atoms with E-state index in [0.717, 1.165) is 23.8 Å². The maximum absolute atomic E-state index is 12.6. The molecule has 0 aromatic carbocycles. The first-order valence-electron chi connectivity index (χ1n) is 8.04. The molecule has 2 heterocycles. The van der Waals surface area contributed by atoms with Gasteiger partial charge in [-0.25, -0.2) is 14.3 Å². The van der Waals surface area contributed by atoms with Gasteiger partial charge < -0.3 is 15.6 Å². The molecule has 1 aliphatic rings. The van der Waals surface area contributed by atoms with E-state index < -0.39 is 11.2 Å². The van der Waals surface area contributed by atoms with Crippen LogP contribution in [0, 0.1) is 5.92 Å².